The lowest BCUT2D eigenvalue weighted by atomic mass is 9.82. The Balaban J connectivity index is 1.91. The van der Waals surface area contributed by atoms with Gasteiger partial charge in [0.25, 0.3) is 0 Å². The first-order chi connectivity index (χ1) is 9.33. The zero-order valence-corrected chi connectivity index (χ0v) is 12.8. The van der Waals surface area contributed by atoms with Gasteiger partial charge in [-0.05, 0) is 17.5 Å². The van der Waals surface area contributed by atoms with E-state index in [0.717, 1.165) is 0 Å². The third-order valence-electron chi connectivity index (χ3n) is 4.22. The summed E-state index contributed by atoms with van der Waals surface area (Å²) in [5.41, 5.74) is -0.787. The predicted octanol–water partition coefficient (Wildman–Crippen LogP) is 1.26. The second kappa shape index (κ2) is 5.69. The number of halogens is 1. The molecule has 2 rings (SSSR count). The van der Waals surface area contributed by atoms with Crippen molar-refractivity contribution >= 4 is 17.5 Å². The van der Waals surface area contributed by atoms with E-state index in [1.165, 1.54) is 0 Å². The molecule has 0 unspecified atom stereocenters. The topological polar surface area (TPSA) is 82.1 Å². The Kier molecular flexibility index (Phi) is 4.34. The summed E-state index contributed by atoms with van der Waals surface area (Å²) in [6.45, 7) is 6.97. The van der Waals surface area contributed by atoms with Gasteiger partial charge in [-0.1, -0.05) is 20.8 Å². The number of H-pyrrole nitrogens is 1. The molecule has 1 aliphatic rings. The molecule has 1 amide bonds. The second-order valence-corrected chi connectivity index (χ2v) is 6.21. The number of amides is 1. The molecule has 0 radical (unpaired) electrons. The molecule has 1 fully saturated rings. The summed E-state index contributed by atoms with van der Waals surface area (Å²) in [7, 11) is 0. The molecule has 1 saturated heterocycles. The van der Waals surface area contributed by atoms with E-state index in [1.54, 1.807) is 4.90 Å². The van der Waals surface area contributed by atoms with E-state index < -0.39 is 5.60 Å². The van der Waals surface area contributed by atoms with Crippen molar-refractivity contribution in [2.75, 3.05) is 13.1 Å². The number of aromatic amines is 1. The predicted molar refractivity (Wildman–Crippen MR) is 75.2 cm³/mol. The van der Waals surface area contributed by atoms with Crippen LogP contribution in [0.15, 0.2) is 0 Å². The minimum absolute atomic E-state index is 0.0287. The average molecular weight is 301 g/mol. The normalized spacial score (nSPS) is 26.5. The largest absolute Gasteiger partial charge is 0.387 e. The molecule has 0 spiro atoms. The van der Waals surface area contributed by atoms with Crippen LogP contribution in [0.2, 0.25) is 5.28 Å². The SMILES string of the molecule is CC(C)[C@]1(O)CN(C(=O)CCc2nc(Cl)n[nH]2)C[C@H]1C. The lowest BCUT2D eigenvalue weighted by Gasteiger charge is -2.31. The van der Waals surface area contributed by atoms with Gasteiger partial charge in [-0.25, -0.2) is 4.98 Å². The fourth-order valence-corrected chi connectivity index (χ4v) is 2.87. The van der Waals surface area contributed by atoms with Crippen molar-refractivity contribution in [3.63, 3.8) is 0 Å². The second-order valence-electron chi connectivity index (χ2n) is 5.87. The van der Waals surface area contributed by atoms with E-state index in [-0.39, 0.29) is 23.0 Å². The van der Waals surface area contributed by atoms with Crippen LogP contribution in [0.3, 0.4) is 0 Å². The van der Waals surface area contributed by atoms with Gasteiger partial charge in [-0.3, -0.25) is 9.89 Å². The number of carbonyl (C=O) groups excluding carboxylic acids is 1. The van der Waals surface area contributed by atoms with Gasteiger partial charge in [-0.2, -0.15) is 0 Å². The summed E-state index contributed by atoms with van der Waals surface area (Å²) in [4.78, 5) is 17.9. The van der Waals surface area contributed by atoms with Crippen molar-refractivity contribution in [3.05, 3.63) is 11.1 Å². The molecule has 6 nitrogen and oxygen atoms in total. The zero-order chi connectivity index (χ0) is 14.9. The highest BCUT2D eigenvalue weighted by Gasteiger charge is 2.46. The number of aliphatic hydroxyl groups is 1. The Bertz CT molecular complexity index is 490. The van der Waals surface area contributed by atoms with E-state index in [0.29, 0.717) is 31.8 Å². The number of aromatic nitrogens is 3. The van der Waals surface area contributed by atoms with E-state index in [9.17, 15) is 9.90 Å². The van der Waals surface area contributed by atoms with Gasteiger partial charge in [0.05, 0.1) is 5.60 Å². The third-order valence-corrected chi connectivity index (χ3v) is 4.39. The van der Waals surface area contributed by atoms with E-state index >= 15 is 0 Å². The molecule has 2 N–H and O–H groups in total. The summed E-state index contributed by atoms with van der Waals surface area (Å²) < 4.78 is 0. The van der Waals surface area contributed by atoms with Gasteiger partial charge >= 0.3 is 0 Å². The van der Waals surface area contributed by atoms with Crippen LogP contribution in [0.25, 0.3) is 0 Å². The molecule has 0 aromatic carbocycles. The molecule has 1 aromatic heterocycles. The number of β-amino-alcohol motifs (C(OH)–C–C–N with tert-alkyl or cyclic N) is 1. The van der Waals surface area contributed by atoms with Crippen molar-refractivity contribution in [2.45, 2.75) is 39.2 Å². The molecule has 0 bridgehead atoms. The minimum atomic E-state index is -0.787. The molecule has 2 heterocycles. The maximum atomic E-state index is 12.2. The maximum absolute atomic E-state index is 12.2. The smallest absolute Gasteiger partial charge is 0.242 e. The first-order valence-electron chi connectivity index (χ1n) is 6.90. The van der Waals surface area contributed by atoms with Crippen LogP contribution in [0.5, 0.6) is 0 Å². The molecular weight excluding hydrogens is 280 g/mol. The molecular formula is C13H21ClN4O2. The first-order valence-corrected chi connectivity index (χ1v) is 7.27. The minimum Gasteiger partial charge on any atom is -0.387 e. The maximum Gasteiger partial charge on any atom is 0.242 e. The molecule has 20 heavy (non-hydrogen) atoms. The lowest BCUT2D eigenvalue weighted by molar-refractivity contribution is -0.131. The van der Waals surface area contributed by atoms with Crippen LogP contribution >= 0.6 is 11.6 Å². The van der Waals surface area contributed by atoms with Gasteiger partial charge < -0.3 is 10.0 Å². The third kappa shape index (κ3) is 2.96. The van der Waals surface area contributed by atoms with Crippen molar-refractivity contribution in [2.24, 2.45) is 11.8 Å². The van der Waals surface area contributed by atoms with Gasteiger partial charge in [0, 0.05) is 31.8 Å². The Morgan fingerprint density at radius 1 is 1.65 bits per heavy atom. The Morgan fingerprint density at radius 3 is 2.85 bits per heavy atom. The number of hydrogen-bond acceptors (Lipinski definition) is 4. The standard InChI is InChI=1S/C13H21ClN4O2/c1-8(2)13(20)7-18(6-9(13)3)11(19)5-4-10-15-12(14)17-16-10/h8-9,20H,4-7H2,1-3H3,(H,15,16,17)/t9-,13-/m1/s1. The Hall–Kier alpha value is -1.14. The van der Waals surface area contributed by atoms with Crippen LogP contribution in [-0.2, 0) is 11.2 Å². The van der Waals surface area contributed by atoms with Crippen molar-refractivity contribution in [1.82, 2.24) is 20.1 Å². The fourth-order valence-electron chi connectivity index (χ4n) is 2.72. The first kappa shape index (κ1) is 15.3. The Labute approximate surface area is 123 Å². The van der Waals surface area contributed by atoms with Crippen LogP contribution in [-0.4, -0.2) is 49.8 Å². The van der Waals surface area contributed by atoms with Crippen LogP contribution < -0.4 is 0 Å². The monoisotopic (exact) mass is 300 g/mol. The average Bonchev–Trinajstić information content (AvgIpc) is 2.92. The van der Waals surface area contributed by atoms with E-state index in [4.69, 9.17) is 11.6 Å². The number of likely N-dealkylation sites (tertiary alicyclic amines) is 1. The highest BCUT2D eigenvalue weighted by Crippen LogP contribution is 2.34. The molecule has 7 heteroatoms. The number of nitrogens with one attached hydrogen (secondary N) is 1. The molecule has 2 atom stereocenters. The van der Waals surface area contributed by atoms with Gasteiger partial charge in [-0.15, -0.1) is 5.10 Å². The molecule has 0 aliphatic carbocycles. The van der Waals surface area contributed by atoms with Crippen LogP contribution in [0, 0.1) is 11.8 Å². The number of hydrogen-bond donors (Lipinski definition) is 2. The number of nitrogens with zero attached hydrogens (tertiary/aromatic N) is 3. The van der Waals surface area contributed by atoms with E-state index in [1.807, 2.05) is 20.8 Å². The number of aryl methyl sites for hydroxylation is 1. The zero-order valence-electron chi connectivity index (χ0n) is 12.1. The van der Waals surface area contributed by atoms with Crippen molar-refractivity contribution in [3.8, 4) is 0 Å². The molecule has 0 saturated carbocycles. The van der Waals surface area contributed by atoms with Gasteiger partial charge in [0.15, 0.2) is 0 Å². The summed E-state index contributed by atoms with van der Waals surface area (Å²) in [6, 6.07) is 0. The van der Waals surface area contributed by atoms with Crippen LogP contribution in [0.1, 0.15) is 33.0 Å². The summed E-state index contributed by atoms with van der Waals surface area (Å²) in [6.07, 6.45) is 0.815. The molecule has 1 aromatic rings. The number of rotatable bonds is 4. The Morgan fingerprint density at radius 2 is 2.35 bits per heavy atom. The van der Waals surface area contributed by atoms with Crippen molar-refractivity contribution < 1.29 is 9.90 Å². The lowest BCUT2D eigenvalue weighted by Crippen LogP contribution is -2.43. The van der Waals surface area contributed by atoms with Crippen LogP contribution in [0.4, 0.5) is 0 Å². The molecule has 112 valence electrons. The highest BCUT2D eigenvalue weighted by atomic mass is 35.5. The fraction of sp³-hybridized carbons (Fsp3) is 0.769. The van der Waals surface area contributed by atoms with Gasteiger partial charge in [0.1, 0.15) is 5.82 Å². The van der Waals surface area contributed by atoms with Gasteiger partial charge in [0.2, 0.25) is 11.2 Å². The highest BCUT2D eigenvalue weighted by molar-refractivity contribution is 6.28. The quantitative estimate of drug-likeness (QED) is 0.877. The summed E-state index contributed by atoms with van der Waals surface area (Å²) in [5, 5.41) is 17.2. The summed E-state index contributed by atoms with van der Waals surface area (Å²) >= 11 is 5.61. The molecule has 1 aliphatic heterocycles. The van der Waals surface area contributed by atoms with E-state index in [2.05, 4.69) is 15.2 Å². The summed E-state index contributed by atoms with van der Waals surface area (Å²) in [5.74, 6) is 0.852. The van der Waals surface area contributed by atoms with Crippen molar-refractivity contribution in [1.29, 1.82) is 0 Å². The number of carbonyl (C=O) groups is 1.